The number of aromatic nitrogens is 3. The summed E-state index contributed by atoms with van der Waals surface area (Å²) in [6.07, 6.45) is 7.86. The molecule has 26 heavy (non-hydrogen) atoms. The Morgan fingerprint density at radius 2 is 1.96 bits per heavy atom. The molecule has 2 amide bonds. The van der Waals surface area contributed by atoms with Crippen LogP contribution in [0.4, 0.5) is 0 Å². The Labute approximate surface area is 151 Å². The van der Waals surface area contributed by atoms with Gasteiger partial charge in [0, 0.05) is 43.9 Å². The van der Waals surface area contributed by atoms with Crippen LogP contribution in [-0.4, -0.2) is 56.2 Å². The molecule has 136 valence electrons. The van der Waals surface area contributed by atoms with Crippen LogP contribution in [0.25, 0.3) is 0 Å². The van der Waals surface area contributed by atoms with E-state index in [1.165, 1.54) is 0 Å². The van der Waals surface area contributed by atoms with Gasteiger partial charge in [-0.1, -0.05) is 0 Å². The van der Waals surface area contributed by atoms with Crippen molar-refractivity contribution in [3.05, 3.63) is 41.7 Å². The van der Waals surface area contributed by atoms with E-state index in [1.807, 2.05) is 17.0 Å². The molecule has 2 fully saturated rings. The first kappa shape index (κ1) is 15.7. The Kier molecular flexibility index (Phi) is 3.45. The van der Waals surface area contributed by atoms with E-state index in [-0.39, 0.29) is 23.3 Å². The van der Waals surface area contributed by atoms with E-state index in [4.69, 9.17) is 0 Å². The SMILES string of the molecule is O=C(c1ccc[nH]1)N1CCC2(CC1)c1nc[nH]c1CCN2C(=O)C1CC1. The van der Waals surface area contributed by atoms with E-state index in [9.17, 15) is 9.59 Å². The van der Waals surface area contributed by atoms with Crippen molar-refractivity contribution in [3.8, 4) is 0 Å². The van der Waals surface area contributed by atoms with Crippen molar-refractivity contribution in [2.45, 2.75) is 37.6 Å². The molecule has 7 nitrogen and oxygen atoms in total. The second-order valence-corrected chi connectivity index (χ2v) is 7.65. The van der Waals surface area contributed by atoms with Crippen LogP contribution in [0.5, 0.6) is 0 Å². The van der Waals surface area contributed by atoms with E-state index in [0.717, 1.165) is 50.0 Å². The van der Waals surface area contributed by atoms with Crippen molar-refractivity contribution in [3.63, 3.8) is 0 Å². The average molecular weight is 353 g/mol. The summed E-state index contributed by atoms with van der Waals surface area (Å²) >= 11 is 0. The Balaban J connectivity index is 1.43. The van der Waals surface area contributed by atoms with Gasteiger partial charge in [0.15, 0.2) is 0 Å². The minimum absolute atomic E-state index is 0.0305. The summed E-state index contributed by atoms with van der Waals surface area (Å²) in [5, 5.41) is 0. The van der Waals surface area contributed by atoms with Gasteiger partial charge in [-0.15, -0.1) is 0 Å². The van der Waals surface area contributed by atoms with Gasteiger partial charge >= 0.3 is 0 Å². The number of rotatable bonds is 2. The Morgan fingerprint density at radius 1 is 1.15 bits per heavy atom. The Morgan fingerprint density at radius 3 is 2.65 bits per heavy atom. The number of amides is 2. The molecule has 1 aliphatic carbocycles. The lowest BCUT2D eigenvalue weighted by molar-refractivity contribution is -0.143. The smallest absolute Gasteiger partial charge is 0.270 e. The van der Waals surface area contributed by atoms with Gasteiger partial charge in [0.05, 0.1) is 17.6 Å². The molecule has 2 aromatic heterocycles. The first-order valence-corrected chi connectivity index (χ1v) is 9.46. The molecule has 5 rings (SSSR count). The maximum absolute atomic E-state index is 13.0. The van der Waals surface area contributed by atoms with Gasteiger partial charge in [0.2, 0.25) is 5.91 Å². The van der Waals surface area contributed by atoms with Gasteiger partial charge in [0.25, 0.3) is 5.91 Å². The van der Waals surface area contributed by atoms with Crippen LogP contribution < -0.4 is 0 Å². The van der Waals surface area contributed by atoms with Crippen LogP contribution in [0, 0.1) is 5.92 Å². The zero-order valence-electron chi connectivity index (χ0n) is 14.7. The zero-order valence-corrected chi connectivity index (χ0v) is 14.7. The molecular weight excluding hydrogens is 330 g/mol. The third-order valence-corrected chi connectivity index (χ3v) is 6.16. The number of piperidine rings is 1. The summed E-state index contributed by atoms with van der Waals surface area (Å²) in [6.45, 7) is 2.02. The monoisotopic (exact) mass is 353 g/mol. The van der Waals surface area contributed by atoms with E-state index in [0.29, 0.717) is 18.8 Å². The number of carbonyl (C=O) groups excluding carboxylic acids is 2. The summed E-state index contributed by atoms with van der Waals surface area (Å²) < 4.78 is 0. The molecule has 0 bridgehead atoms. The number of nitrogens with zero attached hydrogens (tertiary/aromatic N) is 3. The van der Waals surface area contributed by atoms with Crippen LogP contribution >= 0.6 is 0 Å². The van der Waals surface area contributed by atoms with Gasteiger partial charge in [-0.2, -0.15) is 0 Å². The molecular formula is C19H23N5O2. The molecule has 1 saturated carbocycles. The van der Waals surface area contributed by atoms with Crippen LogP contribution in [0.15, 0.2) is 24.7 Å². The highest BCUT2D eigenvalue weighted by atomic mass is 16.2. The molecule has 4 heterocycles. The predicted molar refractivity (Wildman–Crippen MR) is 94.3 cm³/mol. The number of nitrogens with one attached hydrogen (secondary N) is 2. The molecule has 0 aromatic carbocycles. The predicted octanol–water partition coefficient (Wildman–Crippen LogP) is 1.66. The molecule has 2 N–H and O–H groups in total. The van der Waals surface area contributed by atoms with Gasteiger partial charge in [0.1, 0.15) is 5.69 Å². The molecule has 2 aliphatic heterocycles. The molecule has 0 radical (unpaired) electrons. The number of aromatic amines is 2. The first-order valence-electron chi connectivity index (χ1n) is 9.46. The minimum Gasteiger partial charge on any atom is -0.357 e. The van der Waals surface area contributed by atoms with Crippen molar-refractivity contribution in [1.82, 2.24) is 24.8 Å². The maximum atomic E-state index is 13.0. The number of H-pyrrole nitrogens is 2. The van der Waals surface area contributed by atoms with Crippen molar-refractivity contribution in [2.24, 2.45) is 5.92 Å². The highest BCUT2D eigenvalue weighted by Crippen LogP contribution is 2.45. The van der Waals surface area contributed by atoms with E-state index in [1.54, 1.807) is 12.5 Å². The van der Waals surface area contributed by atoms with E-state index >= 15 is 0 Å². The van der Waals surface area contributed by atoms with Gasteiger partial charge < -0.3 is 19.8 Å². The summed E-state index contributed by atoms with van der Waals surface area (Å²) in [7, 11) is 0. The van der Waals surface area contributed by atoms with Gasteiger partial charge in [-0.25, -0.2) is 4.98 Å². The molecule has 0 atom stereocenters. The van der Waals surface area contributed by atoms with Crippen LogP contribution in [0.1, 0.15) is 47.6 Å². The molecule has 1 saturated heterocycles. The topological polar surface area (TPSA) is 85.1 Å². The standard InChI is InChI=1S/C19H23N5O2/c25-17(13-3-4-13)24-9-5-14-16(22-12-21-14)19(24)6-10-23(11-7-19)18(26)15-2-1-8-20-15/h1-2,8,12-13,20H,3-7,9-11H2,(H,21,22). The maximum Gasteiger partial charge on any atom is 0.270 e. The van der Waals surface area contributed by atoms with Crippen molar-refractivity contribution < 1.29 is 9.59 Å². The fourth-order valence-electron chi connectivity index (χ4n) is 4.57. The number of likely N-dealkylation sites (tertiary alicyclic amines) is 1. The summed E-state index contributed by atoms with van der Waals surface area (Å²) in [4.78, 5) is 40.5. The number of hydrogen-bond acceptors (Lipinski definition) is 3. The lowest BCUT2D eigenvalue weighted by atomic mass is 9.78. The third kappa shape index (κ3) is 2.29. The second-order valence-electron chi connectivity index (χ2n) is 7.65. The summed E-state index contributed by atoms with van der Waals surface area (Å²) in [5.74, 6) is 0.511. The molecule has 0 unspecified atom stereocenters. The number of imidazole rings is 1. The highest BCUT2D eigenvalue weighted by molar-refractivity contribution is 5.92. The summed E-state index contributed by atoms with van der Waals surface area (Å²) in [6, 6.07) is 3.65. The van der Waals surface area contributed by atoms with Crippen LogP contribution in [-0.2, 0) is 16.8 Å². The Bertz CT molecular complexity index is 828. The van der Waals surface area contributed by atoms with E-state index < -0.39 is 0 Å². The fraction of sp³-hybridized carbons (Fsp3) is 0.526. The van der Waals surface area contributed by atoms with E-state index in [2.05, 4.69) is 19.9 Å². The fourth-order valence-corrected chi connectivity index (χ4v) is 4.57. The Hall–Kier alpha value is -2.57. The molecule has 1 spiro atoms. The zero-order chi connectivity index (χ0) is 17.7. The molecule has 7 heteroatoms. The second kappa shape index (κ2) is 5.72. The largest absolute Gasteiger partial charge is 0.357 e. The van der Waals surface area contributed by atoms with Crippen LogP contribution in [0.3, 0.4) is 0 Å². The number of fused-ring (bicyclic) bond motifs is 2. The number of hydrogen-bond donors (Lipinski definition) is 2. The summed E-state index contributed by atoms with van der Waals surface area (Å²) in [5.41, 5.74) is 2.43. The normalized spacial score (nSPS) is 21.7. The minimum atomic E-state index is -0.361. The van der Waals surface area contributed by atoms with Gasteiger partial charge in [-0.3, -0.25) is 9.59 Å². The lowest BCUT2D eigenvalue weighted by Crippen LogP contribution is -2.59. The van der Waals surface area contributed by atoms with Crippen molar-refractivity contribution in [2.75, 3.05) is 19.6 Å². The first-order chi connectivity index (χ1) is 12.7. The molecule has 2 aromatic rings. The quantitative estimate of drug-likeness (QED) is 0.861. The molecule has 3 aliphatic rings. The van der Waals surface area contributed by atoms with Crippen LogP contribution in [0.2, 0.25) is 0 Å². The van der Waals surface area contributed by atoms with Crippen molar-refractivity contribution >= 4 is 11.8 Å². The van der Waals surface area contributed by atoms with Gasteiger partial charge in [-0.05, 0) is 37.8 Å². The lowest BCUT2D eigenvalue weighted by Gasteiger charge is -2.50. The average Bonchev–Trinajstić information content (AvgIpc) is 3.16. The highest BCUT2D eigenvalue weighted by Gasteiger charge is 2.51. The number of carbonyl (C=O) groups is 2. The van der Waals surface area contributed by atoms with Crippen molar-refractivity contribution in [1.29, 1.82) is 0 Å². The third-order valence-electron chi connectivity index (χ3n) is 6.16.